The predicted octanol–water partition coefficient (Wildman–Crippen LogP) is 3.79. The second-order valence-electron chi connectivity index (χ2n) is 4.20. The first-order chi connectivity index (χ1) is 9.65. The molecule has 0 heterocycles. The molecule has 0 saturated carbocycles. The third-order valence-electron chi connectivity index (χ3n) is 2.65. The zero-order valence-corrected chi connectivity index (χ0v) is 12.3. The lowest BCUT2D eigenvalue weighted by Crippen LogP contribution is -2.01. The topological polar surface area (TPSA) is 52.3 Å². The monoisotopic (exact) mass is 331 g/mol. The molecular weight excluding hydrogens is 318 g/mol. The van der Waals surface area contributed by atoms with Gasteiger partial charge in [-0.1, -0.05) is 46.3 Å². The van der Waals surface area contributed by atoms with Crippen molar-refractivity contribution in [2.24, 2.45) is 0 Å². The molecule has 0 radical (unpaired) electrons. The van der Waals surface area contributed by atoms with Crippen molar-refractivity contribution in [3.63, 3.8) is 0 Å². The van der Waals surface area contributed by atoms with E-state index in [0.29, 0.717) is 5.69 Å². The molecule has 0 atom stereocenters. The summed E-state index contributed by atoms with van der Waals surface area (Å²) < 4.78 is 6.10. The Morgan fingerprint density at radius 2 is 2.00 bits per heavy atom. The number of hydrogen-bond donors (Lipinski definition) is 1. The van der Waals surface area contributed by atoms with Crippen molar-refractivity contribution in [2.75, 3.05) is 5.73 Å². The highest BCUT2D eigenvalue weighted by atomic mass is 79.9. The molecule has 0 spiro atoms. The minimum Gasteiger partial charge on any atom is -0.458 e. The van der Waals surface area contributed by atoms with E-state index in [1.165, 1.54) is 6.08 Å². The maximum atomic E-state index is 11.6. The van der Waals surface area contributed by atoms with Crippen molar-refractivity contribution < 1.29 is 9.53 Å². The third-order valence-corrected chi connectivity index (χ3v) is 3.42. The first-order valence-corrected chi connectivity index (χ1v) is 6.88. The highest BCUT2D eigenvalue weighted by Gasteiger charge is 2.02. The number of nitrogens with two attached hydrogens (primary N) is 1. The van der Waals surface area contributed by atoms with Crippen LogP contribution in [0.2, 0.25) is 0 Å². The number of anilines is 1. The van der Waals surface area contributed by atoms with Crippen molar-refractivity contribution in [3.05, 3.63) is 70.2 Å². The quantitative estimate of drug-likeness (QED) is 0.526. The van der Waals surface area contributed by atoms with Gasteiger partial charge >= 0.3 is 5.97 Å². The first kappa shape index (κ1) is 14.3. The molecule has 0 aromatic heterocycles. The minimum absolute atomic E-state index is 0.238. The Hall–Kier alpha value is -2.07. The fourth-order valence-electron chi connectivity index (χ4n) is 1.64. The average Bonchev–Trinajstić information content (AvgIpc) is 2.44. The summed E-state index contributed by atoms with van der Waals surface area (Å²) in [7, 11) is 0. The maximum absolute atomic E-state index is 11.6. The molecule has 20 heavy (non-hydrogen) atoms. The molecule has 3 nitrogen and oxygen atoms in total. The Bertz CT molecular complexity index is 638. The number of esters is 1. The van der Waals surface area contributed by atoms with Gasteiger partial charge in [0.05, 0.1) is 0 Å². The van der Waals surface area contributed by atoms with Crippen LogP contribution in [-0.2, 0) is 16.1 Å². The Labute approximate surface area is 126 Å². The van der Waals surface area contributed by atoms with Gasteiger partial charge in [-0.3, -0.25) is 0 Å². The fraction of sp³-hybridized carbons (Fsp3) is 0.0625. The van der Waals surface area contributed by atoms with E-state index in [2.05, 4.69) is 15.9 Å². The number of halogens is 1. The van der Waals surface area contributed by atoms with E-state index in [9.17, 15) is 4.79 Å². The Kier molecular flexibility index (Phi) is 4.96. The summed E-state index contributed by atoms with van der Waals surface area (Å²) in [5, 5.41) is 0. The van der Waals surface area contributed by atoms with Gasteiger partial charge in [0.25, 0.3) is 0 Å². The number of rotatable bonds is 4. The van der Waals surface area contributed by atoms with Crippen molar-refractivity contribution in [1.82, 2.24) is 0 Å². The Balaban J connectivity index is 1.91. The van der Waals surface area contributed by atoms with Crippen LogP contribution < -0.4 is 5.73 Å². The summed E-state index contributed by atoms with van der Waals surface area (Å²) in [5.41, 5.74) is 8.11. The SMILES string of the molecule is Nc1cccc(/C=C/C(=O)OCc2ccccc2Br)c1. The smallest absolute Gasteiger partial charge is 0.331 e. The average molecular weight is 332 g/mol. The lowest BCUT2D eigenvalue weighted by molar-refractivity contribution is -0.138. The number of carbonyl (C=O) groups excluding carboxylic acids is 1. The van der Waals surface area contributed by atoms with Gasteiger partial charge in [0.2, 0.25) is 0 Å². The van der Waals surface area contributed by atoms with Gasteiger partial charge in [-0.2, -0.15) is 0 Å². The number of benzene rings is 2. The second kappa shape index (κ2) is 6.91. The number of carbonyl (C=O) groups is 1. The molecule has 0 aliphatic heterocycles. The molecule has 102 valence electrons. The molecule has 0 aliphatic rings. The molecule has 0 amide bonds. The number of hydrogen-bond acceptors (Lipinski definition) is 3. The van der Waals surface area contributed by atoms with Gasteiger partial charge in [-0.05, 0) is 29.8 Å². The van der Waals surface area contributed by atoms with Crippen molar-refractivity contribution in [3.8, 4) is 0 Å². The third kappa shape index (κ3) is 4.24. The summed E-state index contributed by atoms with van der Waals surface area (Å²) in [5.74, 6) is -0.386. The minimum atomic E-state index is -0.386. The zero-order chi connectivity index (χ0) is 14.4. The van der Waals surface area contributed by atoms with Crippen molar-refractivity contribution in [1.29, 1.82) is 0 Å². The second-order valence-corrected chi connectivity index (χ2v) is 5.06. The van der Waals surface area contributed by atoms with Crippen LogP contribution >= 0.6 is 15.9 Å². The summed E-state index contributed by atoms with van der Waals surface area (Å²) in [4.78, 5) is 11.6. The van der Waals surface area contributed by atoms with Gasteiger partial charge in [0, 0.05) is 21.8 Å². The van der Waals surface area contributed by atoms with Crippen molar-refractivity contribution >= 4 is 33.7 Å². The van der Waals surface area contributed by atoms with Crippen molar-refractivity contribution in [2.45, 2.75) is 6.61 Å². The van der Waals surface area contributed by atoms with Crippen LogP contribution in [-0.4, -0.2) is 5.97 Å². The molecule has 0 aliphatic carbocycles. The van der Waals surface area contributed by atoms with Crippen LogP contribution in [0, 0.1) is 0 Å². The Morgan fingerprint density at radius 3 is 2.75 bits per heavy atom. The molecule has 0 unspecified atom stereocenters. The first-order valence-electron chi connectivity index (χ1n) is 6.09. The van der Waals surface area contributed by atoms with Crippen LogP contribution in [0.25, 0.3) is 6.08 Å². The van der Waals surface area contributed by atoms with E-state index < -0.39 is 0 Å². The zero-order valence-electron chi connectivity index (χ0n) is 10.8. The van der Waals surface area contributed by atoms with Crippen LogP contribution in [0.4, 0.5) is 5.69 Å². The van der Waals surface area contributed by atoms with Gasteiger partial charge in [-0.25, -0.2) is 4.79 Å². The molecule has 2 rings (SSSR count). The molecule has 2 aromatic rings. The van der Waals surface area contributed by atoms with Gasteiger partial charge < -0.3 is 10.5 Å². The Morgan fingerprint density at radius 1 is 1.20 bits per heavy atom. The molecular formula is C16H14BrNO2. The maximum Gasteiger partial charge on any atom is 0.331 e. The molecule has 0 fully saturated rings. The van der Waals surface area contributed by atoms with Crippen LogP contribution in [0.5, 0.6) is 0 Å². The van der Waals surface area contributed by atoms with Crippen LogP contribution in [0.15, 0.2) is 59.1 Å². The van der Waals surface area contributed by atoms with Gasteiger partial charge in [0.1, 0.15) is 6.61 Å². The molecule has 0 bridgehead atoms. The molecule has 4 heteroatoms. The largest absolute Gasteiger partial charge is 0.458 e. The molecule has 2 aromatic carbocycles. The normalized spacial score (nSPS) is 10.7. The van der Waals surface area contributed by atoms with Crippen LogP contribution in [0.3, 0.4) is 0 Å². The fourth-order valence-corrected chi connectivity index (χ4v) is 2.04. The number of ether oxygens (including phenoxy) is 1. The lowest BCUT2D eigenvalue weighted by atomic mass is 10.2. The van der Waals surface area contributed by atoms with E-state index in [0.717, 1.165) is 15.6 Å². The summed E-state index contributed by atoms with van der Waals surface area (Å²) >= 11 is 3.41. The van der Waals surface area contributed by atoms with Gasteiger partial charge in [0.15, 0.2) is 0 Å². The van der Waals surface area contributed by atoms with E-state index in [4.69, 9.17) is 10.5 Å². The standard InChI is InChI=1S/C16H14BrNO2/c17-15-7-2-1-5-13(15)11-20-16(19)9-8-12-4-3-6-14(18)10-12/h1-10H,11,18H2/b9-8+. The predicted molar refractivity (Wildman–Crippen MR) is 83.8 cm³/mol. The highest BCUT2D eigenvalue weighted by molar-refractivity contribution is 9.10. The number of nitrogen functional groups attached to an aromatic ring is 1. The van der Waals surface area contributed by atoms with E-state index in [1.807, 2.05) is 36.4 Å². The van der Waals surface area contributed by atoms with E-state index in [1.54, 1.807) is 18.2 Å². The lowest BCUT2D eigenvalue weighted by Gasteiger charge is -2.04. The highest BCUT2D eigenvalue weighted by Crippen LogP contribution is 2.16. The van der Waals surface area contributed by atoms with E-state index >= 15 is 0 Å². The molecule has 2 N–H and O–H groups in total. The van der Waals surface area contributed by atoms with E-state index in [-0.39, 0.29) is 12.6 Å². The summed E-state index contributed by atoms with van der Waals surface area (Å²) in [6, 6.07) is 14.9. The summed E-state index contributed by atoms with van der Waals surface area (Å²) in [6.07, 6.45) is 3.07. The summed E-state index contributed by atoms with van der Waals surface area (Å²) in [6.45, 7) is 0.238. The van der Waals surface area contributed by atoms with Gasteiger partial charge in [-0.15, -0.1) is 0 Å². The molecule has 0 saturated heterocycles. The van der Waals surface area contributed by atoms with Crippen LogP contribution in [0.1, 0.15) is 11.1 Å².